The molecule has 8 heteroatoms. The molecule has 3 atom stereocenters. The van der Waals surface area contributed by atoms with Crippen molar-refractivity contribution in [1.82, 2.24) is 15.5 Å². The summed E-state index contributed by atoms with van der Waals surface area (Å²) in [5.74, 6) is -1.59. The first-order chi connectivity index (χ1) is 16.5. The Balaban J connectivity index is 3.33. The molecule has 0 saturated carbocycles. The molecular formula is C28H46N4O4. The lowest BCUT2D eigenvalue weighted by Crippen LogP contribution is -2.61. The summed E-state index contributed by atoms with van der Waals surface area (Å²) >= 11 is 0. The molecule has 0 spiro atoms. The van der Waals surface area contributed by atoms with Crippen molar-refractivity contribution in [1.29, 1.82) is 0 Å². The van der Waals surface area contributed by atoms with Gasteiger partial charge in [0.05, 0.1) is 12.1 Å². The molecular weight excluding hydrogens is 456 g/mol. The fraction of sp³-hybridized carbons (Fsp3) is 0.607. The van der Waals surface area contributed by atoms with Crippen LogP contribution in [-0.4, -0.2) is 67.1 Å². The van der Waals surface area contributed by atoms with Gasteiger partial charge in [0, 0.05) is 30.8 Å². The third-order valence-corrected chi connectivity index (χ3v) is 6.80. The maximum Gasteiger partial charge on any atom is 0.331 e. The zero-order valence-corrected chi connectivity index (χ0v) is 23.8. The summed E-state index contributed by atoms with van der Waals surface area (Å²) in [6.45, 7) is 15.1. The van der Waals surface area contributed by atoms with Crippen LogP contribution in [0.5, 0.6) is 0 Å². The van der Waals surface area contributed by atoms with Crippen molar-refractivity contribution in [2.75, 3.05) is 26.5 Å². The molecule has 0 aliphatic rings. The maximum absolute atomic E-state index is 13.7. The molecule has 0 aromatic heterocycles. The van der Waals surface area contributed by atoms with Gasteiger partial charge in [0.2, 0.25) is 11.8 Å². The summed E-state index contributed by atoms with van der Waals surface area (Å²) in [5, 5.41) is 18.6. The number of carbonyl (C=O) groups excluding carboxylic acids is 2. The summed E-state index contributed by atoms with van der Waals surface area (Å²) in [6.07, 6.45) is 1.60. The number of carbonyl (C=O) groups is 3. The predicted octanol–water partition coefficient (Wildman–Crippen LogP) is 3.64. The van der Waals surface area contributed by atoms with E-state index in [1.807, 2.05) is 79.8 Å². The normalized spacial score (nSPS) is 15.2. The number of benzene rings is 1. The van der Waals surface area contributed by atoms with E-state index in [0.717, 1.165) is 11.3 Å². The van der Waals surface area contributed by atoms with E-state index in [4.69, 9.17) is 0 Å². The molecule has 0 saturated heterocycles. The van der Waals surface area contributed by atoms with Gasteiger partial charge >= 0.3 is 5.97 Å². The zero-order valence-electron chi connectivity index (χ0n) is 23.8. The van der Waals surface area contributed by atoms with Crippen molar-refractivity contribution in [2.45, 2.75) is 78.9 Å². The number of nitrogens with zero attached hydrogens (tertiary/aromatic N) is 1. The van der Waals surface area contributed by atoms with Crippen molar-refractivity contribution in [3.8, 4) is 0 Å². The lowest BCUT2D eigenvalue weighted by atomic mass is 9.76. The smallest absolute Gasteiger partial charge is 0.331 e. The van der Waals surface area contributed by atoms with Crippen LogP contribution in [0, 0.1) is 11.3 Å². The Morgan fingerprint density at radius 1 is 1.03 bits per heavy atom. The number of carboxylic acids is 1. The molecule has 8 nitrogen and oxygen atoms in total. The highest BCUT2D eigenvalue weighted by Crippen LogP contribution is 2.30. The van der Waals surface area contributed by atoms with Crippen LogP contribution in [-0.2, 0) is 19.8 Å². The van der Waals surface area contributed by atoms with Gasteiger partial charge in [-0.2, -0.15) is 0 Å². The summed E-state index contributed by atoms with van der Waals surface area (Å²) in [5.41, 5.74) is 0.942. The van der Waals surface area contributed by atoms with Gasteiger partial charge in [0.15, 0.2) is 0 Å². The second-order valence-electron chi connectivity index (χ2n) is 11.4. The molecule has 0 radical (unpaired) electrons. The molecule has 0 bridgehead atoms. The van der Waals surface area contributed by atoms with E-state index in [0.29, 0.717) is 0 Å². The minimum absolute atomic E-state index is 0.0204. The molecule has 202 valence electrons. The Kier molecular flexibility index (Phi) is 10.7. The highest BCUT2D eigenvalue weighted by Gasteiger charge is 2.41. The lowest BCUT2D eigenvalue weighted by molar-refractivity contribution is -0.141. The van der Waals surface area contributed by atoms with Gasteiger partial charge < -0.3 is 26.0 Å². The summed E-state index contributed by atoms with van der Waals surface area (Å²) < 4.78 is 0. The van der Waals surface area contributed by atoms with Gasteiger partial charge in [-0.15, -0.1) is 0 Å². The minimum Gasteiger partial charge on any atom is -0.478 e. The lowest BCUT2D eigenvalue weighted by Gasteiger charge is -2.40. The molecule has 4 N–H and O–H groups in total. The molecule has 1 rings (SSSR count). The van der Waals surface area contributed by atoms with Crippen LogP contribution >= 0.6 is 0 Å². The summed E-state index contributed by atoms with van der Waals surface area (Å²) in [7, 11) is 5.25. The third-order valence-electron chi connectivity index (χ3n) is 6.80. The topological polar surface area (TPSA) is 111 Å². The van der Waals surface area contributed by atoms with E-state index in [1.54, 1.807) is 25.1 Å². The number of rotatable bonds is 11. The number of hydrogen-bond acceptors (Lipinski definition) is 5. The average Bonchev–Trinajstić information content (AvgIpc) is 2.79. The van der Waals surface area contributed by atoms with E-state index in [-0.39, 0.29) is 23.3 Å². The van der Waals surface area contributed by atoms with Gasteiger partial charge in [0.1, 0.15) is 6.04 Å². The second kappa shape index (κ2) is 12.4. The number of likely N-dealkylation sites (N-methyl/N-ethyl adjacent to an activating group) is 2. The van der Waals surface area contributed by atoms with E-state index >= 15 is 0 Å². The van der Waals surface area contributed by atoms with Crippen LogP contribution < -0.4 is 16.0 Å². The third kappa shape index (κ3) is 7.56. The van der Waals surface area contributed by atoms with Crippen molar-refractivity contribution in [2.24, 2.45) is 11.3 Å². The van der Waals surface area contributed by atoms with Crippen LogP contribution in [0.1, 0.15) is 61.0 Å². The van der Waals surface area contributed by atoms with Crippen LogP contribution in [0.15, 0.2) is 35.9 Å². The fourth-order valence-corrected chi connectivity index (χ4v) is 4.37. The fourth-order valence-electron chi connectivity index (χ4n) is 4.37. The number of amides is 2. The standard InChI is InChI=1S/C28H46N4O4/c1-17(2)21(15-18(3)26(35)36)32(11)25(34)23(27(4,5)6)31-24(33)22(30-10)28(7,8)19-13-12-14-20(16-19)29-9/h12-17,21-23,29-30H,1-11H3,(H,31,33)(H,35,36)/b18-15+. The molecule has 2 amide bonds. The van der Waals surface area contributed by atoms with Gasteiger partial charge in [-0.25, -0.2) is 4.79 Å². The zero-order chi connectivity index (χ0) is 28.0. The van der Waals surface area contributed by atoms with E-state index in [2.05, 4.69) is 16.0 Å². The largest absolute Gasteiger partial charge is 0.478 e. The number of aliphatic carboxylic acids is 1. The molecule has 1 aromatic carbocycles. The summed E-state index contributed by atoms with van der Waals surface area (Å²) in [4.78, 5) is 40.3. The maximum atomic E-state index is 13.7. The van der Waals surface area contributed by atoms with Gasteiger partial charge in [-0.1, -0.05) is 66.7 Å². The molecule has 0 heterocycles. The second-order valence-corrected chi connectivity index (χ2v) is 11.4. The van der Waals surface area contributed by atoms with Crippen molar-refractivity contribution >= 4 is 23.5 Å². The Morgan fingerprint density at radius 2 is 1.61 bits per heavy atom. The van der Waals surface area contributed by atoms with Crippen molar-refractivity contribution < 1.29 is 19.5 Å². The molecule has 0 fully saturated rings. The predicted molar refractivity (Wildman–Crippen MR) is 146 cm³/mol. The molecule has 1 aromatic rings. The first-order valence-electron chi connectivity index (χ1n) is 12.4. The summed E-state index contributed by atoms with van der Waals surface area (Å²) in [6, 6.07) is 6.06. The Hall–Kier alpha value is -2.87. The van der Waals surface area contributed by atoms with Gasteiger partial charge in [0.25, 0.3) is 0 Å². The number of hydrogen-bond donors (Lipinski definition) is 4. The van der Waals surface area contributed by atoms with Crippen molar-refractivity contribution in [3.05, 3.63) is 41.5 Å². The monoisotopic (exact) mass is 502 g/mol. The SMILES string of the molecule is CNc1cccc(C(C)(C)C(NC)C(=O)NC(C(=O)N(C)C(/C=C(\C)C(=O)O)C(C)C)C(C)(C)C)c1. The van der Waals surface area contributed by atoms with E-state index < -0.39 is 34.9 Å². The number of nitrogens with one attached hydrogen (secondary N) is 3. The average molecular weight is 503 g/mol. The Bertz CT molecular complexity index is 963. The molecule has 3 unspecified atom stereocenters. The number of anilines is 1. The van der Waals surface area contributed by atoms with Crippen molar-refractivity contribution in [3.63, 3.8) is 0 Å². The number of carboxylic acid groups (broad SMARTS) is 1. The van der Waals surface area contributed by atoms with Crippen LogP contribution in [0.3, 0.4) is 0 Å². The molecule has 0 aliphatic carbocycles. The van der Waals surface area contributed by atoms with Crippen LogP contribution in [0.4, 0.5) is 5.69 Å². The van der Waals surface area contributed by atoms with E-state index in [1.165, 1.54) is 6.92 Å². The molecule has 0 aliphatic heterocycles. The van der Waals surface area contributed by atoms with E-state index in [9.17, 15) is 19.5 Å². The first kappa shape index (κ1) is 31.2. The first-order valence-corrected chi connectivity index (χ1v) is 12.4. The quantitative estimate of drug-likeness (QED) is 0.344. The highest BCUT2D eigenvalue weighted by atomic mass is 16.4. The van der Waals surface area contributed by atoms with Crippen LogP contribution in [0.25, 0.3) is 0 Å². The molecule has 36 heavy (non-hydrogen) atoms. The van der Waals surface area contributed by atoms with Gasteiger partial charge in [-0.05, 0) is 43.0 Å². The minimum atomic E-state index is -1.02. The van der Waals surface area contributed by atoms with Crippen LogP contribution in [0.2, 0.25) is 0 Å². The highest BCUT2D eigenvalue weighted by molar-refractivity contribution is 5.91. The Labute approximate surface area is 216 Å². The van der Waals surface area contributed by atoms with Gasteiger partial charge in [-0.3, -0.25) is 9.59 Å². The Morgan fingerprint density at radius 3 is 2.06 bits per heavy atom.